The minimum absolute atomic E-state index is 0.331. The average molecular weight is 319 g/mol. The lowest BCUT2D eigenvalue weighted by Crippen LogP contribution is -2.47. The van der Waals surface area contributed by atoms with E-state index in [1.54, 1.807) is 6.20 Å². The van der Waals surface area contributed by atoms with Crippen molar-refractivity contribution in [3.63, 3.8) is 0 Å². The number of hydrogen-bond donors (Lipinski definition) is 1. The van der Waals surface area contributed by atoms with Gasteiger partial charge in [-0.2, -0.15) is 0 Å². The molecule has 2 aromatic rings. The summed E-state index contributed by atoms with van der Waals surface area (Å²) in [5.41, 5.74) is 6.99. The molecule has 0 bridgehead atoms. The van der Waals surface area contributed by atoms with Crippen LogP contribution in [0.4, 0.5) is 11.6 Å². The highest BCUT2D eigenvalue weighted by Crippen LogP contribution is 2.29. The summed E-state index contributed by atoms with van der Waals surface area (Å²) < 4.78 is 0. The third-order valence-corrected chi connectivity index (χ3v) is 4.49. The first-order valence-electron chi connectivity index (χ1n) is 7.31. The molecule has 2 N–H and O–H groups in total. The Balaban J connectivity index is 1.66. The quantitative estimate of drug-likeness (QED) is 0.933. The highest BCUT2D eigenvalue weighted by Gasteiger charge is 2.24. The Bertz CT molecular complexity index is 627. The zero-order valence-corrected chi connectivity index (χ0v) is 13.2. The van der Waals surface area contributed by atoms with Gasteiger partial charge in [-0.25, -0.2) is 9.97 Å². The summed E-state index contributed by atoms with van der Waals surface area (Å²) in [6.45, 7) is 5.82. The van der Waals surface area contributed by atoms with E-state index < -0.39 is 0 Å². The molecule has 0 spiro atoms. The smallest absolute Gasteiger partial charge is 0.153 e. The number of pyridine rings is 1. The maximum absolute atomic E-state index is 6.21. The van der Waals surface area contributed by atoms with Crippen LogP contribution in [0.3, 0.4) is 0 Å². The number of nitrogens with two attached hydrogens (primary N) is 1. The lowest BCUT2D eigenvalue weighted by Gasteiger charge is -2.38. The Morgan fingerprint density at radius 1 is 1.23 bits per heavy atom. The van der Waals surface area contributed by atoms with Crippen LogP contribution in [0, 0.1) is 0 Å². The van der Waals surface area contributed by atoms with Crippen molar-refractivity contribution >= 4 is 23.2 Å². The van der Waals surface area contributed by atoms with E-state index in [1.807, 2.05) is 12.3 Å². The second-order valence-corrected chi connectivity index (χ2v) is 5.76. The van der Waals surface area contributed by atoms with Crippen molar-refractivity contribution < 1.29 is 0 Å². The van der Waals surface area contributed by atoms with Crippen molar-refractivity contribution in [3.8, 4) is 0 Å². The first-order valence-corrected chi connectivity index (χ1v) is 7.69. The second kappa shape index (κ2) is 6.46. The number of nitrogen functional groups attached to an aromatic ring is 1. The van der Waals surface area contributed by atoms with Crippen LogP contribution < -0.4 is 10.6 Å². The molecule has 7 heteroatoms. The highest BCUT2D eigenvalue weighted by atomic mass is 35.5. The van der Waals surface area contributed by atoms with Gasteiger partial charge in [0.25, 0.3) is 0 Å². The third-order valence-electron chi connectivity index (χ3n) is 4.13. The minimum atomic E-state index is 0.331. The van der Waals surface area contributed by atoms with Gasteiger partial charge in [-0.15, -0.1) is 0 Å². The molecule has 1 aliphatic heterocycles. The number of piperazine rings is 1. The summed E-state index contributed by atoms with van der Waals surface area (Å²) in [7, 11) is 0. The monoisotopic (exact) mass is 318 g/mol. The van der Waals surface area contributed by atoms with Crippen LogP contribution in [-0.4, -0.2) is 46.0 Å². The fourth-order valence-corrected chi connectivity index (χ4v) is 2.97. The first kappa shape index (κ1) is 15.0. The Labute approximate surface area is 134 Å². The lowest BCUT2D eigenvalue weighted by atomic mass is 10.1. The average Bonchev–Trinajstić information content (AvgIpc) is 2.58. The van der Waals surface area contributed by atoms with Crippen molar-refractivity contribution in [1.29, 1.82) is 0 Å². The van der Waals surface area contributed by atoms with E-state index >= 15 is 0 Å². The molecule has 0 aliphatic carbocycles. The number of aromatic nitrogens is 3. The molecule has 6 nitrogen and oxygen atoms in total. The van der Waals surface area contributed by atoms with Crippen molar-refractivity contribution in [2.24, 2.45) is 0 Å². The predicted octanol–water partition coefficient (Wildman–Crippen LogP) is 1.99. The molecule has 116 valence electrons. The second-order valence-electron chi connectivity index (χ2n) is 5.38. The summed E-state index contributed by atoms with van der Waals surface area (Å²) in [4.78, 5) is 17.0. The summed E-state index contributed by atoms with van der Waals surface area (Å²) in [5.74, 6) is 1.06. The number of nitrogens with zero attached hydrogens (tertiary/aromatic N) is 5. The van der Waals surface area contributed by atoms with Gasteiger partial charge in [-0.1, -0.05) is 17.7 Å². The van der Waals surface area contributed by atoms with Crippen LogP contribution in [0.1, 0.15) is 18.5 Å². The van der Waals surface area contributed by atoms with Crippen molar-refractivity contribution in [3.05, 3.63) is 41.4 Å². The Morgan fingerprint density at radius 2 is 2.00 bits per heavy atom. The lowest BCUT2D eigenvalue weighted by molar-refractivity contribution is 0.198. The van der Waals surface area contributed by atoms with E-state index in [-0.39, 0.29) is 0 Å². The van der Waals surface area contributed by atoms with Crippen LogP contribution in [0.5, 0.6) is 0 Å². The molecule has 0 saturated carbocycles. The van der Waals surface area contributed by atoms with Gasteiger partial charge in [0.15, 0.2) is 5.82 Å². The first-order chi connectivity index (χ1) is 10.7. The van der Waals surface area contributed by atoms with E-state index in [1.165, 1.54) is 11.9 Å². The molecule has 22 heavy (non-hydrogen) atoms. The molecule has 0 amide bonds. The van der Waals surface area contributed by atoms with Gasteiger partial charge in [0.2, 0.25) is 0 Å². The van der Waals surface area contributed by atoms with Crippen LogP contribution >= 0.6 is 11.6 Å². The van der Waals surface area contributed by atoms with Crippen molar-refractivity contribution in [2.75, 3.05) is 36.8 Å². The molecule has 1 fully saturated rings. The van der Waals surface area contributed by atoms with Gasteiger partial charge in [0.1, 0.15) is 17.2 Å². The highest BCUT2D eigenvalue weighted by molar-refractivity contribution is 6.35. The maximum Gasteiger partial charge on any atom is 0.153 e. The largest absolute Gasteiger partial charge is 0.382 e. The van der Waals surface area contributed by atoms with Crippen LogP contribution in [0.15, 0.2) is 30.9 Å². The van der Waals surface area contributed by atoms with Crippen molar-refractivity contribution in [1.82, 2.24) is 19.9 Å². The van der Waals surface area contributed by atoms with Gasteiger partial charge in [0, 0.05) is 44.6 Å². The van der Waals surface area contributed by atoms with E-state index in [0.29, 0.717) is 16.9 Å². The number of hydrogen-bond acceptors (Lipinski definition) is 6. The Morgan fingerprint density at radius 3 is 2.68 bits per heavy atom. The normalized spacial score (nSPS) is 17.5. The third kappa shape index (κ3) is 2.98. The van der Waals surface area contributed by atoms with Gasteiger partial charge in [-0.05, 0) is 18.6 Å². The maximum atomic E-state index is 6.21. The molecule has 3 heterocycles. The van der Waals surface area contributed by atoms with Gasteiger partial charge in [-0.3, -0.25) is 9.88 Å². The molecule has 1 aliphatic rings. The molecule has 0 radical (unpaired) electrons. The minimum Gasteiger partial charge on any atom is -0.382 e. The summed E-state index contributed by atoms with van der Waals surface area (Å²) in [6.07, 6.45) is 5.19. The topological polar surface area (TPSA) is 71.2 Å². The van der Waals surface area contributed by atoms with E-state index in [2.05, 4.69) is 37.7 Å². The molecule has 3 rings (SSSR count). The summed E-state index contributed by atoms with van der Waals surface area (Å²) >= 11 is 6.21. The SMILES string of the molecule is CC(c1cccnc1)N1CCN(c2ncnc(N)c2Cl)CC1. The summed E-state index contributed by atoms with van der Waals surface area (Å²) in [6, 6.07) is 4.44. The fourth-order valence-electron chi connectivity index (χ4n) is 2.75. The Hall–Kier alpha value is -1.92. The van der Waals surface area contributed by atoms with Gasteiger partial charge in [0.05, 0.1) is 0 Å². The van der Waals surface area contributed by atoms with Crippen molar-refractivity contribution in [2.45, 2.75) is 13.0 Å². The fraction of sp³-hybridized carbons (Fsp3) is 0.400. The van der Waals surface area contributed by atoms with Crippen LogP contribution in [-0.2, 0) is 0 Å². The molecule has 1 saturated heterocycles. The van der Waals surface area contributed by atoms with E-state index in [9.17, 15) is 0 Å². The van der Waals surface area contributed by atoms with E-state index in [0.717, 1.165) is 32.0 Å². The Kier molecular flexibility index (Phi) is 4.40. The molecule has 1 unspecified atom stereocenters. The number of halogens is 1. The zero-order valence-electron chi connectivity index (χ0n) is 12.5. The predicted molar refractivity (Wildman–Crippen MR) is 87.9 cm³/mol. The molecule has 0 aromatic carbocycles. The van der Waals surface area contributed by atoms with Crippen LogP contribution in [0.25, 0.3) is 0 Å². The molecule has 2 aromatic heterocycles. The summed E-state index contributed by atoms with van der Waals surface area (Å²) in [5, 5.41) is 0.441. The van der Waals surface area contributed by atoms with Gasteiger partial charge >= 0.3 is 0 Å². The molecule has 1 atom stereocenters. The van der Waals surface area contributed by atoms with E-state index in [4.69, 9.17) is 17.3 Å². The number of anilines is 2. The zero-order chi connectivity index (χ0) is 15.5. The molecular weight excluding hydrogens is 300 g/mol. The van der Waals surface area contributed by atoms with Crippen LogP contribution in [0.2, 0.25) is 5.02 Å². The molecular formula is C15H19ClN6. The number of rotatable bonds is 3. The van der Waals surface area contributed by atoms with Gasteiger partial charge < -0.3 is 10.6 Å². The standard InChI is InChI=1S/C15H19ClN6/c1-11(12-3-2-4-18-9-12)21-5-7-22(8-6-21)15-13(16)14(17)19-10-20-15/h2-4,9-11H,5-8H2,1H3,(H2,17,19,20).